The molecule has 0 fully saturated rings. The average Bonchev–Trinajstić information content (AvgIpc) is 2.41. The first-order valence-corrected chi connectivity index (χ1v) is 5.99. The predicted octanol–water partition coefficient (Wildman–Crippen LogP) is 1.57. The predicted molar refractivity (Wildman–Crippen MR) is 73.0 cm³/mol. The molecule has 0 amide bonds. The molecule has 1 N–H and O–H groups in total. The minimum Gasteiger partial charge on any atom is -0.384 e. The number of rotatable bonds is 1. The van der Waals surface area contributed by atoms with Crippen LogP contribution in [0, 0.1) is 23.7 Å². The van der Waals surface area contributed by atoms with E-state index >= 15 is 0 Å². The standard InChI is InChI=1S/C16H16O3/c1-11-12(2)16(19)14(13(3)15(11)18)9-7-5-4-6-8-10-17/h17H,4,9-10H2,1-3H3. The molecule has 0 saturated heterocycles. The molecule has 98 valence electrons. The summed E-state index contributed by atoms with van der Waals surface area (Å²) >= 11 is 0. The summed E-state index contributed by atoms with van der Waals surface area (Å²) in [7, 11) is 0. The van der Waals surface area contributed by atoms with E-state index in [4.69, 9.17) is 5.11 Å². The van der Waals surface area contributed by atoms with E-state index in [0.717, 1.165) is 0 Å². The Morgan fingerprint density at radius 1 is 0.842 bits per heavy atom. The second-order valence-electron chi connectivity index (χ2n) is 4.23. The number of carbonyl (C=O) groups is 2. The van der Waals surface area contributed by atoms with Crippen molar-refractivity contribution in [3.63, 3.8) is 0 Å². The average molecular weight is 256 g/mol. The van der Waals surface area contributed by atoms with Gasteiger partial charge >= 0.3 is 0 Å². The van der Waals surface area contributed by atoms with E-state index in [-0.39, 0.29) is 24.6 Å². The number of hydrogen-bond acceptors (Lipinski definition) is 3. The molecule has 3 nitrogen and oxygen atoms in total. The van der Waals surface area contributed by atoms with Crippen LogP contribution in [-0.2, 0) is 9.59 Å². The Morgan fingerprint density at radius 2 is 1.42 bits per heavy atom. The topological polar surface area (TPSA) is 54.4 Å². The number of aliphatic hydroxyl groups excluding tert-OH is 1. The van der Waals surface area contributed by atoms with Gasteiger partial charge in [0.15, 0.2) is 11.6 Å². The van der Waals surface area contributed by atoms with Crippen molar-refractivity contribution >= 4 is 11.6 Å². The SMILES string of the molecule is CC1=C(C)C(=O)C(CC#CCC#CCO)=C(C)C1=O. The Balaban J connectivity index is 2.84. The zero-order chi connectivity index (χ0) is 14.4. The van der Waals surface area contributed by atoms with Crippen molar-refractivity contribution in [3.8, 4) is 23.7 Å². The molecule has 0 aromatic heterocycles. The Morgan fingerprint density at radius 3 is 2.05 bits per heavy atom. The van der Waals surface area contributed by atoms with Crippen LogP contribution in [0.15, 0.2) is 22.3 Å². The Hall–Kier alpha value is -2.10. The molecule has 3 heteroatoms. The number of aliphatic hydroxyl groups is 1. The molecule has 0 radical (unpaired) electrons. The van der Waals surface area contributed by atoms with Gasteiger partial charge in [-0.2, -0.15) is 0 Å². The summed E-state index contributed by atoms with van der Waals surface area (Å²) < 4.78 is 0. The van der Waals surface area contributed by atoms with Gasteiger partial charge in [-0.05, 0) is 20.8 Å². The smallest absolute Gasteiger partial charge is 0.186 e. The molecule has 1 aliphatic rings. The zero-order valence-corrected chi connectivity index (χ0v) is 11.4. The van der Waals surface area contributed by atoms with Gasteiger partial charge < -0.3 is 5.11 Å². The summed E-state index contributed by atoms with van der Waals surface area (Å²) in [6.45, 7) is 4.83. The lowest BCUT2D eigenvalue weighted by Gasteiger charge is -2.16. The first kappa shape index (κ1) is 15.0. The first-order valence-electron chi connectivity index (χ1n) is 5.99. The highest BCUT2D eigenvalue weighted by Crippen LogP contribution is 2.25. The fourth-order valence-electron chi connectivity index (χ4n) is 1.74. The lowest BCUT2D eigenvalue weighted by Crippen LogP contribution is -2.20. The van der Waals surface area contributed by atoms with E-state index in [1.165, 1.54) is 0 Å². The molecular formula is C16H16O3. The highest BCUT2D eigenvalue weighted by Gasteiger charge is 2.26. The zero-order valence-electron chi connectivity index (χ0n) is 11.4. The number of hydrogen-bond donors (Lipinski definition) is 1. The van der Waals surface area contributed by atoms with Gasteiger partial charge in [0.1, 0.15) is 6.61 Å². The Labute approximate surface area is 113 Å². The van der Waals surface area contributed by atoms with Gasteiger partial charge in [-0.1, -0.05) is 23.7 Å². The second kappa shape index (κ2) is 6.73. The van der Waals surface area contributed by atoms with Gasteiger partial charge in [-0.15, -0.1) is 0 Å². The van der Waals surface area contributed by atoms with Crippen molar-refractivity contribution in [2.45, 2.75) is 33.6 Å². The normalized spacial score (nSPS) is 14.9. The van der Waals surface area contributed by atoms with Gasteiger partial charge in [-0.25, -0.2) is 0 Å². The highest BCUT2D eigenvalue weighted by atomic mass is 16.2. The maximum absolute atomic E-state index is 12.1. The molecule has 0 heterocycles. The fourth-order valence-corrected chi connectivity index (χ4v) is 1.74. The van der Waals surface area contributed by atoms with Gasteiger partial charge in [0, 0.05) is 28.7 Å². The number of carbonyl (C=O) groups excluding carboxylic acids is 2. The van der Waals surface area contributed by atoms with Crippen molar-refractivity contribution in [1.29, 1.82) is 0 Å². The molecule has 0 aliphatic heterocycles. The molecule has 0 bridgehead atoms. The second-order valence-corrected chi connectivity index (χ2v) is 4.23. The van der Waals surface area contributed by atoms with Crippen LogP contribution >= 0.6 is 0 Å². The van der Waals surface area contributed by atoms with Crippen molar-refractivity contribution in [2.75, 3.05) is 6.61 Å². The number of allylic oxidation sites excluding steroid dienone is 4. The lowest BCUT2D eigenvalue weighted by atomic mass is 9.85. The third-order valence-corrected chi connectivity index (χ3v) is 3.08. The van der Waals surface area contributed by atoms with Crippen LogP contribution in [-0.4, -0.2) is 23.3 Å². The van der Waals surface area contributed by atoms with Crippen molar-refractivity contribution in [3.05, 3.63) is 22.3 Å². The van der Waals surface area contributed by atoms with Crippen LogP contribution in [0.1, 0.15) is 33.6 Å². The van der Waals surface area contributed by atoms with Crippen LogP contribution in [0.2, 0.25) is 0 Å². The summed E-state index contributed by atoms with van der Waals surface area (Å²) in [5.74, 6) is 10.6. The third kappa shape index (κ3) is 3.44. The molecular weight excluding hydrogens is 240 g/mol. The fraction of sp³-hybridized carbons (Fsp3) is 0.375. The van der Waals surface area contributed by atoms with Crippen LogP contribution in [0.25, 0.3) is 0 Å². The van der Waals surface area contributed by atoms with E-state index in [1.54, 1.807) is 20.8 Å². The molecule has 19 heavy (non-hydrogen) atoms. The van der Waals surface area contributed by atoms with Crippen LogP contribution in [0.4, 0.5) is 0 Å². The van der Waals surface area contributed by atoms with Crippen LogP contribution in [0.5, 0.6) is 0 Å². The molecule has 0 saturated carbocycles. The van der Waals surface area contributed by atoms with Gasteiger partial charge in [0.25, 0.3) is 0 Å². The van der Waals surface area contributed by atoms with E-state index in [0.29, 0.717) is 28.7 Å². The molecule has 0 spiro atoms. The first-order chi connectivity index (χ1) is 9.00. The summed E-state index contributed by atoms with van der Waals surface area (Å²) in [6, 6.07) is 0. The quantitative estimate of drug-likeness (QED) is 0.572. The summed E-state index contributed by atoms with van der Waals surface area (Å²) in [5, 5.41) is 8.46. The summed E-state index contributed by atoms with van der Waals surface area (Å²) in [6.07, 6.45) is 0.616. The number of Topliss-reactive ketones (excluding diaryl/α,β-unsaturated/α-hetero) is 2. The third-order valence-electron chi connectivity index (χ3n) is 3.08. The van der Waals surface area contributed by atoms with Gasteiger partial charge in [0.05, 0.1) is 6.42 Å². The van der Waals surface area contributed by atoms with Crippen molar-refractivity contribution in [1.82, 2.24) is 0 Å². The molecule has 0 unspecified atom stereocenters. The Kier molecular flexibility index (Phi) is 5.30. The molecule has 1 rings (SSSR count). The summed E-state index contributed by atoms with van der Waals surface area (Å²) in [4.78, 5) is 24.0. The van der Waals surface area contributed by atoms with E-state index < -0.39 is 0 Å². The number of ketones is 2. The maximum Gasteiger partial charge on any atom is 0.186 e. The molecule has 1 aliphatic carbocycles. The van der Waals surface area contributed by atoms with E-state index in [9.17, 15) is 9.59 Å². The van der Waals surface area contributed by atoms with E-state index in [1.807, 2.05) is 0 Å². The maximum atomic E-state index is 12.1. The molecule has 0 atom stereocenters. The Bertz CT molecular complexity index is 595. The van der Waals surface area contributed by atoms with Crippen molar-refractivity contribution < 1.29 is 14.7 Å². The largest absolute Gasteiger partial charge is 0.384 e. The van der Waals surface area contributed by atoms with Crippen molar-refractivity contribution in [2.24, 2.45) is 0 Å². The van der Waals surface area contributed by atoms with Crippen LogP contribution in [0.3, 0.4) is 0 Å². The minimum absolute atomic E-state index is 0.0750. The van der Waals surface area contributed by atoms with Crippen LogP contribution < -0.4 is 0 Å². The highest BCUT2D eigenvalue weighted by molar-refractivity contribution is 6.24. The summed E-state index contributed by atoms with van der Waals surface area (Å²) in [5.41, 5.74) is 2.00. The van der Waals surface area contributed by atoms with Gasteiger partial charge in [0.2, 0.25) is 0 Å². The minimum atomic E-state index is -0.178. The molecule has 0 aromatic rings. The molecule has 0 aromatic carbocycles. The monoisotopic (exact) mass is 256 g/mol. The van der Waals surface area contributed by atoms with E-state index in [2.05, 4.69) is 23.7 Å². The van der Waals surface area contributed by atoms with Gasteiger partial charge in [-0.3, -0.25) is 9.59 Å². The lowest BCUT2D eigenvalue weighted by molar-refractivity contribution is -0.116.